The fourth-order valence-electron chi connectivity index (χ4n) is 0.583. The highest BCUT2D eigenvalue weighted by Crippen LogP contribution is 2.16. The van der Waals surface area contributed by atoms with Crippen LogP contribution in [-0.4, -0.2) is 28.7 Å². The summed E-state index contributed by atoms with van der Waals surface area (Å²) in [6, 6.07) is 0. The molecule has 0 aliphatic heterocycles. The Bertz CT molecular complexity index is 123. The lowest BCUT2D eigenvalue weighted by molar-refractivity contribution is -0.136. The lowest BCUT2D eigenvalue weighted by Crippen LogP contribution is -2.34. The lowest BCUT2D eigenvalue weighted by atomic mass is 9.88. The Kier molecular flexibility index (Phi) is 2.99. The molecule has 0 amide bonds. The van der Waals surface area contributed by atoms with Gasteiger partial charge in [-0.3, -0.25) is 4.79 Å². The van der Waals surface area contributed by atoms with Crippen LogP contribution in [0.5, 0.6) is 0 Å². The average molecular weight is 146 g/mol. The third-order valence-electron chi connectivity index (χ3n) is 1.21. The molecule has 0 radical (unpaired) electrons. The molecule has 0 spiro atoms. The molecule has 1 atom stereocenters. The monoisotopic (exact) mass is 146 g/mol. The van der Waals surface area contributed by atoms with E-state index in [1.807, 2.05) is 0 Å². The Hall–Kier alpha value is -0.410. The number of ketones is 1. The van der Waals surface area contributed by atoms with Gasteiger partial charge in [-0.15, -0.1) is 0 Å². The van der Waals surface area contributed by atoms with E-state index in [4.69, 9.17) is 10.2 Å². The lowest BCUT2D eigenvalue weighted by Gasteiger charge is -2.19. The predicted molar refractivity (Wildman–Crippen MR) is 37.6 cm³/mol. The molecule has 0 unspecified atom stereocenters. The molecule has 3 nitrogen and oxygen atoms in total. The molecular weight excluding hydrogens is 132 g/mol. The van der Waals surface area contributed by atoms with Crippen LogP contribution in [0.15, 0.2) is 0 Å². The van der Waals surface area contributed by atoms with Crippen LogP contribution in [-0.2, 0) is 4.79 Å². The van der Waals surface area contributed by atoms with Gasteiger partial charge in [0.1, 0.15) is 6.10 Å². The van der Waals surface area contributed by atoms with Crippen molar-refractivity contribution >= 4 is 5.78 Å². The summed E-state index contributed by atoms with van der Waals surface area (Å²) in [6.45, 7) is 4.62. The van der Waals surface area contributed by atoms with Crippen LogP contribution in [0.3, 0.4) is 0 Å². The first-order valence-electron chi connectivity index (χ1n) is 3.23. The second kappa shape index (κ2) is 3.12. The smallest absolute Gasteiger partial charge is 0.168 e. The molecule has 0 saturated heterocycles. The summed E-state index contributed by atoms with van der Waals surface area (Å²) in [4.78, 5) is 11.0. The van der Waals surface area contributed by atoms with E-state index < -0.39 is 18.1 Å². The minimum atomic E-state index is -1.22. The number of hydrogen-bond acceptors (Lipinski definition) is 3. The highest BCUT2D eigenvalue weighted by molar-refractivity contribution is 5.87. The molecular formula is C7H14O3. The SMILES string of the molecule is CC(C)(C)C(=O)[C@H](O)CO. The summed E-state index contributed by atoms with van der Waals surface area (Å²) < 4.78 is 0. The van der Waals surface area contributed by atoms with Gasteiger partial charge in [-0.2, -0.15) is 0 Å². The molecule has 2 N–H and O–H groups in total. The number of aliphatic hydroxyl groups excluding tert-OH is 2. The predicted octanol–water partition coefficient (Wildman–Crippen LogP) is -0.0452. The molecule has 0 saturated carbocycles. The van der Waals surface area contributed by atoms with E-state index in [0.29, 0.717) is 0 Å². The molecule has 0 aliphatic rings. The molecule has 0 aliphatic carbocycles. The van der Waals surface area contributed by atoms with Crippen molar-refractivity contribution in [2.24, 2.45) is 5.41 Å². The van der Waals surface area contributed by atoms with Crippen LogP contribution >= 0.6 is 0 Å². The molecule has 0 bridgehead atoms. The van der Waals surface area contributed by atoms with Crippen molar-refractivity contribution in [3.8, 4) is 0 Å². The van der Waals surface area contributed by atoms with E-state index in [9.17, 15) is 4.79 Å². The van der Waals surface area contributed by atoms with E-state index in [1.165, 1.54) is 0 Å². The summed E-state index contributed by atoms with van der Waals surface area (Å²) in [7, 11) is 0. The first kappa shape index (κ1) is 9.59. The molecule has 60 valence electrons. The quantitative estimate of drug-likeness (QED) is 0.574. The van der Waals surface area contributed by atoms with Gasteiger partial charge in [0, 0.05) is 5.41 Å². The molecule has 10 heavy (non-hydrogen) atoms. The number of carbonyl (C=O) groups excluding carboxylic acids is 1. The Morgan fingerprint density at radius 1 is 1.50 bits per heavy atom. The summed E-state index contributed by atoms with van der Waals surface area (Å²) in [5.74, 6) is -0.324. The highest BCUT2D eigenvalue weighted by atomic mass is 16.3. The summed E-state index contributed by atoms with van der Waals surface area (Å²) >= 11 is 0. The zero-order chi connectivity index (χ0) is 8.36. The molecule has 0 aromatic carbocycles. The number of Topliss-reactive ketones (excluding diaryl/α,β-unsaturated/α-hetero) is 1. The first-order chi connectivity index (χ1) is 4.39. The van der Waals surface area contributed by atoms with E-state index in [-0.39, 0.29) is 5.78 Å². The van der Waals surface area contributed by atoms with Crippen LogP contribution in [0.1, 0.15) is 20.8 Å². The van der Waals surface area contributed by atoms with Crippen molar-refractivity contribution in [2.45, 2.75) is 26.9 Å². The normalized spacial score (nSPS) is 14.9. The standard InChI is InChI=1S/C7H14O3/c1-7(2,3)6(10)5(9)4-8/h5,8-9H,4H2,1-3H3/t5-/m1/s1. The fraction of sp³-hybridized carbons (Fsp3) is 0.857. The maximum absolute atomic E-state index is 11.0. The Balaban J connectivity index is 4.09. The second-order valence-electron chi connectivity index (χ2n) is 3.31. The molecule has 3 heteroatoms. The zero-order valence-electron chi connectivity index (χ0n) is 6.59. The third kappa shape index (κ3) is 2.45. The molecule has 0 fully saturated rings. The number of hydrogen-bond donors (Lipinski definition) is 2. The van der Waals surface area contributed by atoms with Crippen molar-refractivity contribution in [2.75, 3.05) is 6.61 Å². The van der Waals surface area contributed by atoms with Gasteiger partial charge in [-0.25, -0.2) is 0 Å². The van der Waals surface area contributed by atoms with Crippen LogP contribution in [0.25, 0.3) is 0 Å². The number of aliphatic hydroxyl groups is 2. The topological polar surface area (TPSA) is 57.5 Å². The molecule has 0 aromatic heterocycles. The van der Waals surface area contributed by atoms with Crippen molar-refractivity contribution in [3.63, 3.8) is 0 Å². The van der Waals surface area contributed by atoms with Crippen molar-refractivity contribution in [3.05, 3.63) is 0 Å². The second-order valence-corrected chi connectivity index (χ2v) is 3.31. The zero-order valence-corrected chi connectivity index (χ0v) is 6.59. The van der Waals surface area contributed by atoms with Crippen LogP contribution in [0.2, 0.25) is 0 Å². The maximum Gasteiger partial charge on any atom is 0.168 e. The van der Waals surface area contributed by atoms with Crippen molar-refractivity contribution < 1.29 is 15.0 Å². The fourth-order valence-corrected chi connectivity index (χ4v) is 0.583. The Morgan fingerprint density at radius 2 is 1.90 bits per heavy atom. The van der Waals surface area contributed by atoms with Crippen LogP contribution in [0, 0.1) is 5.41 Å². The Morgan fingerprint density at radius 3 is 2.00 bits per heavy atom. The van der Waals surface area contributed by atoms with Crippen molar-refractivity contribution in [1.82, 2.24) is 0 Å². The van der Waals surface area contributed by atoms with Gasteiger partial charge in [0.15, 0.2) is 5.78 Å². The van der Waals surface area contributed by atoms with Gasteiger partial charge in [0.2, 0.25) is 0 Å². The largest absolute Gasteiger partial charge is 0.393 e. The molecule has 0 aromatic rings. The van der Waals surface area contributed by atoms with E-state index in [1.54, 1.807) is 20.8 Å². The minimum Gasteiger partial charge on any atom is -0.393 e. The maximum atomic E-state index is 11.0. The van der Waals surface area contributed by atoms with E-state index in [0.717, 1.165) is 0 Å². The van der Waals surface area contributed by atoms with Gasteiger partial charge >= 0.3 is 0 Å². The third-order valence-corrected chi connectivity index (χ3v) is 1.21. The highest BCUT2D eigenvalue weighted by Gasteiger charge is 2.27. The van der Waals surface area contributed by atoms with Gasteiger partial charge in [0.05, 0.1) is 6.61 Å². The molecule has 0 heterocycles. The minimum absolute atomic E-state index is 0.324. The van der Waals surface area contributed by atoms with E-state index >= 15 is 0 Å². The van der Waals surface area contributed by atoms with Crippen molar-refractivity contribution in [1.29, 1.82) is 0 Å². The summed E-state index contributed by atoms with van der Waals surface area (Å²) in [5.41, 5.74) is -0.567. The number of carbonyl (C=O) groups is 1. The van der Waals surface area contributed by atoms with Gasteiger partial charge < -0.3 is 10.2 Å². The first-order valence-corrected chi connectivity index (χ1v) is 3.23. The van der Waals surface area contributed by atoms with Gasteiger partial charge in [-0.1, -0.05) is 20.8 Å². The number of rotatable bonds is 2. The van der Waals surface area contributed by atoms with Crippen LogP contribution in [0.4, 0.5) is 0 Å². The summed E-state index contributed by atoms with van der Waals surface area (Å²) in [5, 5.41) is 17.3. The molecule has 0 rings (SSSR count). The van der Waals surface area contributed by atoms with E-state index in [2.05, 4.69) is 0 Å². The van der Waals surface area contributed by atoms with Gasteiger partial charge in [-0.05, 0) is 0 Å². The average Bonchev–Trinajstić information content (AvgIpc) is 1.83. The van der Waals surface area contributed by atoms with Gasteiger partial charge in [0.25, 0.3) is 0 Å². The Labute approximate surface area is 60.7 Å². The summed E-state index contributed by atoms with van der Waals surface area (Å²) in [6.07, 6.45) is -1.22. The van der Waals surface area contributed by atoms with Crippen LogP contribution < -0.4 is 0 Å².